The molecule has 0 spiro atoms. The molecule has 0 saturated heterocycles. The predicted octanol–water partition coefficient (Wildman–Crippen LogP) is 4.24. The number of carbonyl (C=O) groups is 1. The highest BCUT2D eigenvalue weighted by Gasteiger charge is 2.33. The molecule has 1 saturated carbocycles. The van der Waals surface area contributed by atoms with Gasteiger partial charge in [0.05, 0.1) is 24.3 Å². The van der Waals surface area contributed by atoms with Gasteiger partial charge in [-0.1, -0.05) is 25.7 Å². The van der Waals surface area contributed by atoms with Gasteiger partial charge in [0.25, 0.3) is 0 Å². The molecular weight excluding hydrogens is 324 g/mol. The van der Waals surface area contributed by atoms with E-state index < -0.39 is 0 Å². The summed E-state index contributed by atoms with van der Waals surface area (Å²) in [4.78, 5) is 14.7. The number of amides is 1. The van der Waals surface area contributed by atoms with Crippen LogP contribution in [0.4, 0.5) is 0 Å². The number of hydrogen-bond acceptors (Lipinski definition) is 2. The Balaban J connectivity index is 1.53. The monoisotopic (exact) mass is 354 g/mol. The van der Waals surface area contributed by atoms with Crippen molar-refractivity contribution in [2.75, 3.05) is 0 Å². The molecule has 3 heterocycles. The van der Waals surface area contributed by atoms with Crippen molar-refractivity contribution in [2.45, 2.75) is 77.9 Å². The van der Waals surface area contributed by atoms with E-state index in [1.165, 1.54) is 31.2 Å². The smallest absolute Gasteiger partial charge is 0.223 e. The van der Waals surface area contributed by atoms with Gasteiger partial charge in [-0.25, -0.2) is 4.68 Å². The Morgan fingerprint density at radius 2 is 1.85 bits per heavy atom. The lowest BCUT2D eigenvalue weighted by Crippen LogP contribution is -2.29. The van der Waals surface area contributed by atoms with Crippen LogP contribution in [0, 0.1) is 5.92 Å². The number of aromatic nitrogens is 3. The summed E-state index contributed by atoms with van der Waals surface area (Å²) in [5.41, 5.74) is 2.16. The maximum Gasteiger partial charge on any atom is 0.223 e. The number of fused-ring (bicyclic) bond motifs is 1. The summed E-state index contributed by atoms with van der Waals surface area (Å²) in [6, 6.07) is 4.07. The third kappa shape index (κ3) is 3.19. The molecule has 2 aromatic heterocycles. The SMILES string of the molecule is CC(C)(C)n1nc2c(c1-n1cccc1)CN(C(=O)CCC1CCCC1)C2. The minimum Gasteiger partial charge on any atom is -0.332 e. The third-order valence-corrected chi connectivity index (χ3v) is 5.81. The van der Waals surface area contributed by atoms with Crippen molar-refractivity contribution >= 4 is 5.91 Å². The van der Waals surface area contributed by atoms with Gasteiger partial charge in [0, 0.05) is 24.4 Å². The normalized spacial score (nSPS) is 17.9. The van der Waals surface area contributed by atoms with Gasteiger partial charge < -0.3 is 9.47 Å². The van der Waals surface area contributed by atoms with E-state index in [1.54, 1.807) is 0 Å². The Kier molecular flexibility index (Phi) is 4.41. The van der Waals surface area contributed by atoms with Crippen LogP contribution in [0.25, 0.3) is 5.82 Å². The van der Waals surface area contributed by atoms with E-state index in [0.717, 1.165) is 23.9 Å². The van der Waals surface area contributed by atoms with Gasteiger partial charge in [0.15, 0.2) is 0 Å². The van der Waals surface area contributed by atoms with Crippen molar-refractivity contribution in [2.24, 2.45) is 5.92 Å². The van der Waals surface area contributed by atoms with Crippen LogP contribution in [0.15, 0.2) is 24.5 Å². The summed E-state index contributed by atoms with van der Waals surface area (Å²) < 4.78 is 4.24. The zero-order valence-electron chi connectivity index (χ0n) is 16.2. The molecule has 1 amide bonds. The van der Waals surface area contributed by atoms with Crippen molar-refractivity contribution in [3.05, 3.63) is 35.8 Å². The van der Waals surface area contributed by atoms with Crippen LogP contribution in [0.3, 0.4) is 0 Å². The predicted molar refractivity (Wildman–Crippen MR) is 102 cm³/mol. The molecule has 5 nitrogen and oxygen atoms in total. The van der Waals surface area contributed by atoms with Gasteiger partial charge in [0.2, 0.25) is 5.91 Å². The number of nitrogens with zero attached hydrogens (tertiary/aromatic N) is 4. The van der Waals surface area contributed by atoms with Crippen LogP contribution >= 0.6 is 0 Å². The van der Waals surface area contributed by atoms with Gasteiger partial charge in [-0.15, -0.1) is 0 Å². The van der Waals surface area contributed by atoms with Crippen LogP contribution < -0.4 is 0 Å². The van der Waals surface area contributed by atoms with E-state index in [-0.39, 0.29) is 11.4 Å². The molecule has 0 atom stereocenters. The van der Waals surface area contributed by atoms with Crippen LogP contribution in [-0.4, -0.2) is 25.2 Å². The van der Waals surface area contributed by atoms with Crippen LogP contribution in [0.1, 0.15) is 70.6 Å². The fourth-order valence-electron chi connectivity index (χ4n) is 4.37. The van der Waals surface area contributed by atoms with Crippen molar-refractivity contribution in [1.82, 2.24) is 19.2 Å². The topological polar surface area (TPSA) is 43.1 Å². The number of carbonyl (C=O) groups excluding carboxylic acids is 1. The first-order chi connectivity index (χ1) is 12.4. The first kappa shape index (κ1) is 17.4. The fourth-order valence-corrected chi connectivity index (χ4v) is 4.37. The first-order valence-corrected chi connectivity index (χ1v) is 9.96. The summed E-state index contributed by atoms with van der Waals surface area (Å²) in [6.45, 7) is 7.85. The Hall–Kier alpha value is -2.04. The maximum absolute atomic E-state index is 12.7. The Morgan fingerprint density at radius 3 is 2.50 bits per heavy atom. The van der Waals surface area contributed by atoms with Crippen molar-refractivity contribution in [3.63, 3.8) is 0 Å². The zero-order chi connectivity index (χ0) is 18.3. The third-order valence-electron chi connectivity index (χ3n) is 5.81. The summed E-state index contributed by atoms with van der Waals surface area (Å²) in [5, 5.41) is 4.89. The lowest BCUT2D eigenvalue weighted by molar-refractivity contribution is -0.132. The molecule has 2 aromatic rings. The van der Waals surface area contributed by atoms with E-state index in [9.17, 15) is 4.79 Å². The first-order valence-electron chi connectivity index (χ1n) is 9.96. The number of hydrogen-bond donors (Lipinski definition) is 0. The van der Waals surface area contributed by atoms with Crippen LogP contribution in [0.5, 0.6) is 0 Å². The Morgan fingerprint density at radius 1 is 1.15 bits per heavy atom. The van der Waals surface area contributed by atoms with Gasteiger partial charge in [-0.2, -0.15) is 5.10 Å². The molecule has 5 heteroatoms. The largest absolute Gasteiger partial charge is 0.332 e. The van der Waals surface area contributed by atoms with Gasteiger partial charge in [-0.05, 0) is 45.2 Å². The Labute approximate surface area is 156 Å². The molecule has 1 fully saturated rings. The van der Waals surface area contributed by atoms with E-state index in [1.807, 2.05) is 17.0 Å². The summed E-state index contributed by atoms with van der Waals surface area (Å²) in [6.07, 6.45) is 11.2. The van der Waals surface area contributed by atoms with Crippen molar-refractivity contribution in [1.29, 1.82) is 0 Å². The average molecular weight is 354 g/mol. The van der Waals surface area contributed by atoms with Crippen LogP contribution in [0.2, 0.25) is 0 Å². The van der Waals surface area contributed by atoms with E-state index in [4.69, 9.17) is 5.10 Å². The van der Waals surface area contributed by atoms with E-state index in [2.05, 4.69) is 42.4 Å². The highest BCUT2D eigenvalue weighted by atomic mass is 16.2. The van der Waals surface area contributed by atoms with E-state index >= 15 is 0 Å². The molecule has 1 aliphatic heterocycles. The lowest BCUT2D eigenvalue weighted by atomic mass is 10.0. The molecule has 4 rings (SSSR count). The maximum atomic E-state index is 12.7. The molecule has 0 bridgehead atoms. The second-order valence-corrected chi connectivity index (χ2v) is 8.86. The number of rotatable bonds is 4. The quantitative estimate of drug-likeness (QED) is 0.824. The molecule has 0 radical (unpaired) electrons. The second-order valence-electron chi connectivity index (χ2n) is 8.86. The molecule has 140 valence electrons. The molecule has 0 unspecified atom stereocenters. The summed E-state index contributed by atoms with van der Waals surface area (Å²) >= 11 is 0. The molecule has 2 aliphatic rings. The van der Waals surface area contributed by atoms with Crippen LogP contribution in [-0.2, 0) is 23.4 Å². The highest BCUT2D eigenvalue weighted by Crippen LogP contribution is 2.33. The van der Waals surface area contributed by atoms with Gasteiger partial charge in [-0.3, -0.25) is 4.79 Å². The molecule has 0 N–H and O–H groups in total. The second kappa shape index (κ2) is 6.60. The van der Waals surface area contributed by atoms with Crippen molar-refractivity contribution in [3.8, 4) is 5.82 Å². The molecule has 26 heavy (non-hydrogen) atoms. The summed E-state index contributed by atoms with van der Waals surface area (Å²) in [5.74, 6) is 2.16. The van der Waals surface area contributed by atoms with Crippen molar-refractivity contribution < 1.29 is 4.79 Å². The lowest BCUT2D eigenvalue weighted by Gasteiger charge is -2.25. The minimum atomic E-state index is -0.0960. The summed E-state index contributed by atoms with van der Waals surface area (Å²) in [7, 11) is 0. The van der Waals surface area contributed by atoms with Gasteiger partial charge >= 0.3 is 0 Å². The zero-order valence-corrected chi connectivity index (χ0v) is 16.2. The molecule has 0 aromatic carbocycles. The molecule has 1 aliphatic carbocycles. The highest BCUT2D eigenvalue weighted by molar-refractivity contribution is 5.77. The Bertz CT molecular complexity index is 776. The van der Waals surface area contributed by atoms with Gasteiger partial charge in [0.1, 0.15) is 5.82 Å². The van der Waals surface area contributed by atoms with E-state index in [0.29, 0.717) is 19.5 Å². The fraction of sp³-hybridized carbons (Fsp3) is 0.619. The average Bonchev–Trinajstić information content (AvgIpc) is 3.33. The molecular formula is C21H30N4O. The standard InChI is InChI=1S/C21H30N4O/c1-21(2,3)25-20(23-12-6-7-13-23)17-14-24(15-18(17)22-25)19(26)11-10-16-8-4-5-9-16/h6-7,12-13,16H,4-5,8-11,14-15H2,1-3H3. The minimum absolute atomic E-state index is 0.0960.